The minimum absolute atomic E-state index is 0.310. The third-order valence-corrected chi connectivity index (χ3v) is 4.80. The van der Waals surface area contributed by atoms with Gasteiger partial charge in [-0.1, -0.05) is 35.3 Å². The lowest BCUT2D eigenvalue weighted by molar-refractivity contribution is -0.136. The van der Waals surface area contributed by atoms with Crippen LogP contribution in [0, 0.1) is 0 Å². The second-order valence-electron chi connectivity index (χ2n) is 6.49. The summed E-state index contributed by atoms with van der Waals surface area (Å²) in [5.41, 5.74) is 3.98. The number of esters is 1. The van der Waals surface area contributed by atoms with Gasteiger partial charge in [0, 0.05) is 5.02 Å². The molecule has 0 aliphatic heterocycles. The average Bonchev–Trinajstić information content (AvgIpc) is 2.79. The predicted molar refractivity (Wildman–Crippen MR) is 123 cm³/mol. The maximum atomic E-state index is 12.2. The van der Waals surface area contributed by atoms with Gasteiger partial charge in [-0.25, -0.2) is 10.2 Å². The van der Waals surface area contributed by atoms with Gasteiger partial charge in [0.15, 0.2) is 0 Å². The zero-order valence-corrected chi connectivity index (χ0v) is 18.3. The standard InChI is InChI=1S/C23H17Cl2N3O4/c1-14(27-28-22(30)21(29)26-20-5-3-2-4-19(20)25)15-8-12-18(13-9-15)32-23(31)16-6-10-17(24)11-7-16/h2-13H,1H3,(H,26,29)(H,28,30). The first-order chi connectivity index (χ1) is 15.3. The molecule has 2 N–H and O–H groups in total. The molecule has 0 atom stereocenters. The van der Waals surface area contributed by atoms with Crippen molar-refractivity contribution in [3.8, 4) is 5.75 Å². The van der Waals surface area contributed by atoms with E-state index in [2.05, 4.69) is 15.8 Å². The number of hydrazone groups is 1. The second-order valence-corrected chi connectivity index (χ2v) is 7.34. The molecule has 0 bridgehead atoms. The molecule has 0 aliphatic carbocycles. The van der Waals surface area contributed by atoms with Crippen LogP contribution < -0.4 is 15.5 Å². The molecule has 0 aliphatic rings. The van der Waals surface area contributed by atoms with Crippen LogP contribution in [0.1, 0.15) is 22.8 Å². The zero-order valence-electron chi connectivity index (χ0n) is 16.8. The van der Waals surface area contributed by atoms with Gasteiger partial charge < -0.3 is 10.1 Å². The van der Waals surface area contributed by atoms with Crippen molar-refractivity contribution in [1.82, 2.24) is 5.43 Å². The van der Waals surface area contributed by atoms with Crippen LogP contribution in [0.15, 0.2) is 77.9 Å². The van der Waals surface area contributed by atoms with Crippen LogP contribution in [-0.4, -0.2) is 23.5 Å². The number of carbonyl (C=O) groups is 3. The molecule has 0 aromatic heterocycles. The number of carbonyl (C=O) groups excluding carboxylic acids is 3. The molecule has 0 spiro atoms. The average molecular weight is 470 g/mol. The van der Waals surface area contributed by atoms with Gasteiger partial charge >= 0.3 is 17.8 Å². The largest absolute Gasteiger partial charge is 0.423 e. The molecular weight excluding hydrogens is 453 g/mol. The highest BCUT2D eigenvalue weighted by molar-refractivity contribution is 6.41. The molecule has 162 valence electrons. The first-order valence-corrected chi connectivity index (χ1v) is 10.1. The number of halogens is 2. The van der Waals surface area contributed by atoms with Crippen molar-refractivity contribution in [2.75, 3.05) is 5.32 Å². The number of nitrogens with one attached hydrogen (secondary N) is 2. The van der Waals surface area contributed by atoms with Gasteiger partial charge in [0.2, 0.25) is 0 Å². The first kappa shape index (κ1) is 23.0. The van der Waals surface area contributed by atoms with E-state index >= 15 is 0 Å². The second kappa shape index (κ2) is 10.6. The van der Waals surface area contributed by atoms with E-state index in [-0.39, 0.29) is 0 Å². The summed E-state index contributed by atoms with van der Waals surface area (Å²) >= 11 is 11.8. The summed E-state index contributed by atoms with van der Waals surface area (Å²) < 4.78 is 5.32. The minimum Gasteiger partial charge on any atom is -0.423 e. The number of hydrogen-bond acceptors (Lipinski definition) is 5. The molecular formula is C23H17Cl2N3O4. The maximum Gasteiger partial charge on any atom is 0.343 e. The summed E-state index contributed by atoms with van der Waals surface area (Å²) in [5.74, 6) is -2.03. The van der Waals surface area contributed by atoms with Crippen molar-refractivity contribution >= 4 is 52.4 Å². The molecule has 32 heavy (non-hydrogen) atoms. The Morgan fingerprint density at radius 1 is 0.812 bits per heavy atom. The SMILES string of the molecule is CC(=NNC(=O)C(=O)Nc1ccccc1Cl)c1ccc(OC(=O)c2ccc(Cl)cc2)cc1. The monoisotopic (exact) mass is 469 g/mol. The van der Waals surface area contributed by atoms with Crippen molar-refractivity contribution in [3.63, 3.8) is 0 Å². The van der Waals surface area contributed by atoms with Crippen LogP contribution in [0.25, 0.3) is 0 Å². The van der Waals surface area contributed by atoms with Crippen molar-refractivity contribution in [2.45, 2.75) is 6.92 Å². The Morgan fingerprint density at radius 3 is 2.09 bits per heavy atom. The molecule has 0 saturated heterocycles. The fraction of sp³-hybridized carbons (Fsp3) is 0.0435. The van der Waals surface area contributed by atoms with Crippen molar-refractivity contribution < 1.29 is 19.1 Å². The summed E-state index contributed by atoms with van der Waals surface area (Å²) in [7, 11) is 0. The van der Waals surface area contributed by atoms with Crippen LogP contribution in [0.3, 0.4) is 0 Å². The highest BCUT2D eigenvalue weighted by atomic mass is 35.5. The molecule has 0 radical (unpaired) electrons. The molecule has 0 unspecified atom stereocenters. The summed E-state index contributed by atoms with van der Waals surface area (Å²) in [6.45, 7) is 1.65. The third-order valence-electron chi connectivity index (χ3n) is 4.22. The highest BCUT2D eigenvalue weighted by Gasteiger charge is 2.15. The third kappa shape index (κ3) is 6.16. The Balaban J connectivity index is 1.57. The van der Waals surface area contributed by atoms with Crippen LogP contribution in [-0.2, 0) is 9.59 Å². The smallest absolute Gasteiger partial charge is 0.343 e. The lowest BCUT2D eigenvalue weighted by Crippen LogP contribution is -2.33. The zero-order chi connectivity index (χ0) is 23.1. The van der Waals surface area contributed by atoms with E-state index in [4.69, 9.17) is 27.9 Å². The van der Waals surface area contributed by atoms with Gasteiger partial charge in [-0.15, -0.1) is 0 Å². The Morgan fingerprint density at radius 2 is 1.44 bits per heavy atom. The summed E-state index contributed by atoms with van der Waals surface area (Å²) in [4.78, 5) is 36.1. The molecule has 3 aromatic rings. The van der Waals surface area contributed by atoms with Crippen LogP contribution in [0.5, 0.6) is 5.75 Å². The van der Waals surface area contributed by atoms with E-state index in [0.717, 1.165) is 0 Å². The normalized spacial score (nSPS) is 10.9. The van der Waals surface area contributed by atoms with Crippen molar-refractivity contribution in [1.29, 1.82) is 0 Å². The lowest BCUT2D eigenvalue weighted by atomic mass is 10.1. The molecule has 3 rings (SSSR count). The number of para-hydroxylation sites is 1. The predicted octanol–water partition coefficient (Wildman–Crippen LogP) is 4.69. The molecule has 2 amide bonds. The summed E-state index contributed by atoms with van der Waals surface area (Å²) in [5, 5.41) is 7.17. The van der Waals surface area contributed by atoms with Gasteiger partial charge in [0.05, 0.1) is 22.0 Å². The summed E-state index contributed by atoms with van der Waals surface area (Å²) in [6, 6.07) is 19.4. The first-order valence-electron chi connectivity index (χ1n) is 9.32. The highest BCUT2D eigenvalue weighted by Crippen LogP contribution is 2.20. The van der Waals surface area contributed by atoms with Crippen LogP contribution in [0.2, 0.25) is 10.0 Å². The van der Waals surface area contributed by atoms with Crippen molar-refractivity contribution in [3.05, 3.63) is 94.0 Å². The lowest BCUT2D eigenvalue weighted by Gasteiger charge is -2.07. The molecule has 3 aromatic carbocycles. The number of anilines is 1. The number of benzene rings is 3. The van der Waals surface area contributed by atoms with E-state index < -0.39 is 17.8 Å². The van der Waals surface area contributed by atoms with E-state index in [9.17, 15) is 14.4 Å². The Hall–Kier alpha value is -3.68. The van der Waals surface area contributed by atoms with E-state index in [1.54, 1.807) is 79.7 Å². The van der Waals surface area contributed by atoms with Gasteiger partial charge in [0.1, 0.15) is 5.75 Å². The van der Waals surface area contributed by atoms with Gasteiger partial charge in [0.25, 0.3) is 0 Å². The number of amides is 2. The molecule has 9 heteroatoms. The summed E-state index contributed by atoms with van der Waals surface area (Å²) in [6.07, 6.45) is 0. The van der Waals surface area contributed by atoms with E-state index in [1.807, 2.05) is 0 Å². The van der Waals surface area contributed by atoms with E-state index in [1.165, 1.54) is 0 Å². The number of hydrogen-bond donors (Lipinski definition) is 2. The number of nitrogens with zero attached hydrogens (tertiary/aromatic N) is 1. The topological polar surface area (TPSA) is 96.9 Å². The molecule has 7 nitrogen and oxygen atoms in total. The van der Waals surface area contributed by atoms with Crippen molar-refractivity contribution in [2.24, 2.45) is 5.10 Å². The number of ether oxygens (including phenoxy) is 1. The molecule has 0 saturated carbocycles. The maximum absolute atomic E-state index is 12.2. The van der Waals surface area contributed by atoms with Gasteiger partial charge in [-0.05, 0) is 73.2 Å². The Labute approximate surface area is 194 Å². The van der Waals surface area contributed by atoms with E-state index in [0.29, 0.717) is 38.3 Å². The van der Waals surface area contributed by atoms with Crippen LogP contribution in [0.4, 0.5) is 5.69 Å². The fourth-order valence-electron chi connectivity index (χ4n) is 2.51. The fourth-order valence-corrected chi connectivity index (χ4v) is 2.82. The molecule has 0 fully saturated rings. The quantitative estimate of drug-likeness (QED) is 0.186. The van der Waals surface area contributed by atoms with Gasteiger partial charge in [-0.3, -0.25) is 9.59 Å². The Kier molecular flexibility index (Phi) is 7.59. The van der Waals surface area contributed by atoms with Crippen LogP contribution >= 0.6 is 23.2 Å². The molecule has 0 heterocycles. The number of rotatable bonds is 5. The Bertz CT molecular complexity index is 1180. The van der Waals surface area contributed by atoms with Gasteiger partial charge in [-0.2, -0.15) is 5.10 Å². The minimum atomic E-state index is -0.946.